The Morgan fingerprint density at radius 1 is 1.44 bits per heavy atom. The standard InChI is InChI=1S/C12H17BrN2O3/c1-9(16)8-14-4-6-15(7-5-14)12(17)10-2-3-11(13)18-10/h2-3,9,16H,4-8H2,1H3/t9-/m1/s1. The van der Waals surface area contributed by atoms with Gasteiger partial charge in [-0.25, -0.2) is 0 Å². The second kappa shape index (κ2) is 5.86. The maximum absolute atomic E-state index is 12.1. The molecule has 1 aliphatic heterocycles. The van der Waals surface area contributed by atoms with Crippen molar-refractivity contribution in [2.75, 3.05) is 32.7 Å². The fraction of sp³-hybridized carbons (Fsp3) is 0.583. The zero-order valence-electron chi connectivity index (χ0n) is 10.3. The van der Waals surface area contributed by atoms with Crippen molar-refractivity contribution in [3.8, 4) is 0 Å². The number of nitrogens with zero attached hydrogens (tertiary/aromatic N) is 2. The van der Waals surface area contributed by atoms with E-state index < -0.39 is 0 Å². The van der Waals surface area contributed by atoms with Crippen LogP contribution in [0.15, 0.2) is 21.2 Å². The number of aliphatic hydroxyl groups excluding tert-OH is 1. The Bertz CT molecular complexity index is 411. The number of halogens is 1. The fourth-order valence-corrected chi connectivity index (χ4v) is 2.40. The van der Waals surface area contributed by atoms with Crippen LogP contribution in [0.25, 0.3) is 0 Å². The summed E-state index contributed by atoms with van der Waals surface area (Å²) in [4.78, 5) is 16.0. The molecule has 1 atom stereocenters. The van der Waals surface area contributed by atoms with Gasteiger partial charge in [-0.15, -0.1) is 0 Å². The molecule has 0 radical (unpaired) electrons. The van der Waals surface area contributed by atoms with Crippen molar-refractivity contribution in [3.63, 3.8) is 0 Å². The van der Waals surface area contributed by atoms with Crippen LogP contribution in [0.4, 0.5) is 0 Å². The van der Waals surface area contributed by atoms with Crippen LogP contribution in [-0.4, -0.2) is 59.6 Å². The molecule has 0 saturated carbocycles. The molecule has 2 heterocycles. The summed E-state index contributed by atoms with van der Waals surface area (Å²) in [5, 5.41) is 9.32. The summed E-state index contributed by atoms with van der Waals surface area (Å²) in [7, 11) is 0. The number of β-amino-alcohol motifs (C(OH)–C–C–N with tert-alkyl or cyclic N) is 1. The number of carbonyl (C=O) groups excluding carboxylic acids is 1. The minimum absolute atomic E-state index is 0.0719. The summed E-state index contributed by atoms with van der Waals surface area (Å²) >= 11 is 3.19. The smallest absolute Gasteiger partial charge is 0.289 e. The molecule has 5 nitrogen and oxygen atoms in total. The second-order valence-electron chi connectivity index (χ2n) is 4.55. The SMILES string of the molecule is C[C@@H](O)CN1CCN(C(=O)c2ccc(Br)o2)CC1. The summed E-state index contributed by atoms with van der Waals surface area (Å²) in [6.07, 6.45) is -0.326. The van der Waals surface area contributed by atoms with Gasteiger partial charge in [-0.1, -0.05) is 0 Å². The summed E-state index contributed by atoms with van der Waals surface area (Å²) in [5.74, 6) is 0.295. The molecule has 1 amide bonds. The largest absolute Gasteiger partial charge is 0.444 e. The topological polar surface area (TPSA) is 56.9 Å². The number of rotatable bonds is 3. The monoisotopic (exact) mass is 316 g/mol. The molecule has 0 aromatic carbocycles. The van der Waals surface area contributed by atoms with Crippen molar-refractivity contribution >= 4 is 21.8 Å². The Balaban J connectivity index is 1.88. The molecule has 1 aromatic heterocycles. The van der Waals surface area contributed by atoms with Crippen molar-refractivity contribution in [2.24, 2.45) is 0 Å². The number of hydrogen-bond acceptors (Lipinski definition) is 4. The van der Waals surface area contributed by atoms with Crippen LogP contribution in [0, 0.1) is 0 Å². The molecule has 6 heteroatoms. The first-order valence-electron chi connectivity index (χ1n) is 6.01. The minimum Gasteiger partial charge on any atom is -0.444 e. The molecule has 1 fully saturated rings. The van der Waals surface area contributed by atoms with E-state index in [2.05, 4.69) is 20.8 Å². The zero-order valence-corrected chi connectivity index (χ0v) is 11.9. The Morgan fingerprint density at radius 2 is 2.11 bits per heavy atom. The van der Waals surface area contributed by atoms with Crippen molar-refractivity contribution in [3.05, 3.63) is 22.6 Å². The molecule has 2 rings (SSSR count). The molecule has 0 unspecified atom stereocenters. The van der Waals surface area contributed by atoms with E-state index in [1.54, 1.807) is 24.0 Å². The first-order chi connectivity index (χ1) is 8.56. The van der Waals surface area contributed by atoms with Gasteiger partial charge < -0.3 is 14.4 Å². The van der Waals surface area contributed by atoms with Gasteiger partial charge in [-0.3, -0.25) is 9.69 Å². The third-order valence-electron chi connectivity index (χ3n) is 2.97. The second-order valence-corrected chi connectivity index (χ2v) is 5.33. The number of aliphatic hydroxyl groups is 1. The van der Waals surface area contributed by atoms with Crippen molar-refractivity contribution in [2.45, 2.75) is 13.0 Å². The summed E-state index contributed by atoms with van der Waals surface area (Å²) in [6.45, 7) is 5.36. The molecule has 1 aliphatic rings. The zero-order chi connectivity index (χ0) is 13.1. The van der Waals surface area contributed by atoms with E-state index in [9.17, 15) is 9.90 Å². The number of piperazine rings is 1. The van der Waals surface area contributed by atoms with Crippen molar-refractivity contribution in [1.82, 2.24) is 9.80 Å². The van der Waals surface area contributed by atoms with Crippen molar-refractivity contribution in [1.29, 1.82) is 0 Å². The molecular weight excluding hydrogens is 300 g/mol. The predicted octanol–water partition coefficient (Wildman–Crippen LogP) is 1.18. The fourth-order valence-electron chi connectivity index (χ4n) is 2.09. The van der Waals surface area contributed by atoms with Gasteiger partial charge >= 0.3 is 0 Å². The maximum atomic E-state index is 12.1. The highest BCUT2D eigenvalue weighted by molar-refractivity contribution is 9.10. The van der Waals surface area contributed by atoms with Crippen LogP contribution in [0.2, 0.25) is 0 Å². The Kier molecular flexibility index (Phi) is 4.42. The van der Waals surface area contributed by atoms with E-state index in [0.29, 0.717) is 30.1 Å². The molecule has 0 spiro atoms. The summed E-state index contributed by atoms with van der Waals surface area (Å²) in [6, 6.07) is 3.39. The molecule has 18 heavy (non-hydrogen) atoms. The van der Waals surface area contributed by atoms with Gasteiger partial charge in [0.05, 0.1) is 6.10 Å². The van der Waals surface area contributed by atoms with Gasteiger partial charge in [0.15, 0.2) is 10.4 Å². The van der Waals surface area contributed by atoms with Crippen LogP contribution >= 0.6 is 15.9 Å². The van der Waals surface area contributed by atoms with Gasteiger partial charge in [0.25, 0.3) is 5.91 Å². The van der Waals surface area contributed by atoms with Gasteiger partial charge in [-0.05, 0) is 35.0 Å². The summed E-state index contributed by atoms with van der Waals surface area (Å²) < 4.78 is 5.83. The highest BCUT2D eigenvalue weighted by Crippen LogP contribution is 2.16. The van der Waals surface area contributed by atoms with Crippen molar-refractivity contribution < 1.29 is 14.3 Å². The summed E-state index contributed by atoms with van der Waals surface area (Å²) in [5.41, 5.74) is 0. The average molecular weight is 317 g/mol. The lowest BCUT2D eigenvalue weighted by Crippen LogP contribution is -2.50. The molecule has 1 N–H and O–H groups in total. The maximum Gasteiger partial charge on any atom is 0.289 e. The molecular formula is C12H17BrN2O3. The van der Waals surface area contributed by atoms with Gasteiger partial charge in [-0.2, -0.15) is 0 Å². The van der Waals surface area contributed by atoms with Gasteiger partial charge in [0, 0.05) is 32.7 Å². The van der Waals surface area contributed by atoms with Crippen LogP contribution in [-0.2, 0) is 0 Å². The van der Waals surface area contributed by atoms with Crippen LogP contribution in [0.3, 0.4) is 0 Å². The van der Waals surface area contributed by atoms with E-state index >= 15 is 0 Å². The molecule has 0 aliphatic carbocycles. The average Bonchev–Trinajstić information content (AvgIpc) is 2.75. The Morgan fingerprint density at radius 3 is 2.61 bits per heavy atom. The van der Waals surface area contributed by atoms with Crippen LogP contribution in [0.5, 0.6) is 0 Å². The van der Waals surface area contributed by atoms with E-state index in [0.717, 1.165) is 13.1 Å². The lowest BCUT2D eigenvalue weighted by molar-refractivity contribution is 0.0527. The lowest BCUT2D eigenvalue weighted by Gasteiger charge is -2.34. The third-order valence-corrected chi connectivity index (χ3v) is 3.39. The minimum atomic E-state index is -0.326. The van der Waals surface area contributed by atoms with Crippen LogP contribution < -0.4 is 0 Å². The van der Waals surface area contributed by atoms with E-state index in [1.807, 2.05) is 0 Å². The Hall–Kier alpha value is -0.850. The molecule has 1 saturated heterocycles. The first-order valence-corrected chi connectivity index (χ1v) is 6.80. The number of carbonyl (C=O) groups is 1. The predicted molar refractivity (Wildman–Crippen MR) is 70.4 cm³/mol. The Labute approximate surface area is 114 Å². The number of hydrogen-bond donors (Lipinski definition) is 1. The highest BCUT2D eigenvalue weighted by atomic mass is 79.9. The van der Waals surface area contributed by atoms with E-state index in [4.69, 9.17) is 4.42 Å². The van der Waals surface area contributed by atoms with Crippen LogP contribution in [0.1, 0.15) is 17.5 Å². The molecule has 100 valence electrons. The highest BCUT2D eigenvalue weighted by Gasteiger charge is 2.24. The third kappa shape index (κ3) is 3.34. The quantitative estimate of drug-likeness (QED) is 0.910. The lowest BCUT2D eigenvalue weighted by atomic mass is 10.2. The number of amides is 1. The molecule has 1 aromatic rings. The normalized spacial score (nSPS) is 18.9. The first kappa shape index (κ1) is 13.6. The van der Waals surface area contributed by atoms with E-state index in [-0.39, 0.29) is 12.0 Å². The van der Waals surface area contributed by atoms with Gasteiger partial charge in [0.1, 0.15) is 0 Å². The molecule has 0 bridgehead atoms. The number of furan rings is 1. The van der Waals surface area contributed by atoms with E-state index in [1.165, 1.54) is 0 Å². The van der Waals surface area contributed by atoms with Gasteiger partial charge in [0.2, 0.25) is 0 Å².